The first-order chi connectivity index (χ1) is 7.74. The van der Waals surface area contributed by atoms with E-state index < -0.39 is 11.4 Å². The summed E-state index contributed by atoms with van der Waals surface area (Å²) >= 11 is 0. The lowest BCUT2D eigenvalue weighted by atomic mass is 10.1. The van der Waals surface area contributed by atoms with Crippen molar-refractivity contribution in [3.63, 3.8) is 0 Å². The standard InChI is InChI=1S/C11H9FN2O2/c1-16-9-4-2-3-8(12)10(9)7-5-13-6-14-11(7)15/h2-6H,1H3,(H,13,14,15). The predicted octanol–water partition coefficient (Wildman–Crippen LogP) is 1.58. The number of hydrogen-bond acceptors (Lipinski definition) is 3. The van der Waals surface area contributed by atoms with Crippen LogP contribution in [0.2, 0.25) is 0 Å². The van der Waals surface area contributed by atoms with Crippen molar-refractivity contribution in [2.75, 3.05) is 7.11 Å². The van der Waals surface area contributed by atoms with Gasteiger partial charge in [0, 0.05) is 6.20 Å². The van der Waals surface area contributed by atoms with Gasteiger partial charge in [0.15, 0.2) is 0 Å². The summed E-state index contributed by atoms with van der Waals surface area (Å²) in [6.45, 7) is 0. The van der Waals surface area contributed by atoms with Crippen molar-refractivity contribution in [1.82, 2.24) is 9.97 Å². The molecule has 16 heavy (non-hydrogen) atoms. The third kappa shape index (κ3) is 1.67. The van der Waals surface area contributed by atoms with Crippen LogP contribution in [0.4, 0.5) is 4.39 Å². The number of aromatic nitrogens is 2. The number of aromatic amines is 1. The Labute approximate surface area is 90.7 Å². The van der Waals surface area contributed by atoms with Crippen LogP contribution in [0.5, 0.6) is 5.75 Å². The Morgan fingerprint density at radius 1 is 1.44 bits per heavy atom. The van der Waals surface area contributed by atoms with E-state index in [4.69, 9.17) is 4.74 Å². The molecule has 0 radical (unpaired) electrons. The van der Waals surface area contributed by atoms with Crippen LogP contribution in [-0.2, 0) is 0 Å². The molecule has 1 heterocycles. The van der Waals surface area contributed by atoms with Gasteiger partial charge in [-0.3, -0.25) is 4.79 Å². The van der Waals surface area contributed by atoms with Crippen molar-refractivity contribution in [2.45, 2.75) is 0 Å². The van der Waals surface area contributed by atoms with E-state index in [-0.39, 0.29) is 11.1 Å². The monoisotopic (exact) mass is 220 g/mol. The molecule has 0 atom stereocenters. The molecular weight excluding hydrogens is 211 g/mol. The molecule has 1 N–H and O–H groups in total. The van der Waals surface area contributed by atoms with Crippen molar-refractivity contribution in [3.05, 3.63) is 46.9 Å². The lowest BCUT2D eigenvalue weighted by Gasteiger charge is -2.07. The summed E-state index contributed by atoms with van der Waals surface area (Å²) in [5, 5.41) is 0. The highest BCUT2D eigenvalue weighted by Gasteiger charge is 2.14. The van der Waals surface area contributed by atoms with E-state index in [0.717, 1.165) is 0 Å². The SMILES string of the molecule is COc1cccc(F)c1-c1cnc[nH]c1=O. The molecular formula is C11H9FN2O2. The Morgan fingerprint density at radius 2 is 2.25 bits per heavy atom. The summed E-state index contributed by atoms with van der Waals surface area (Å²) in [6.07, 6.45) is 2.55. The maximum absolute atomic E-state index is 13.6. The minimum absolute atomic E-state index is 0.124. The zero-order valence-corrected chi connectivity index (χ0v) is 8.53. The number of rotatable bonds is 2. The van der Waals surface area contributed by atoms with Crippen molar-refractivity contribution < 1.29 is 9.13 Å². The van der Waals surface area contributed by atoms with Crippen LogP contribution in [0.3, 0.4) is 0 Å². The normalized spacial score (nSPS) is 10.1. The van der Waals surface area contributed by atoms with E-state index >= 15 is 0 Å². The van der Waals surface area contributed by atoms with Gasteiger partial charge < -0.3 is 9.72 Å². The molecule has 0 saturated heterocycles. The maximum Gasteiger partial charge on any atom is 0.258 e. The fourth-order valence-corrected chi connectivity index (χ4v) is 1.46. The average Bonchev–Trinajstić information content (AvgIpc) is 2.30. The van der Waals surface area contributed by atoms with Gasteiger partial charge >= 0.3 is 0 Å². The summed E-state index contributed by atoms with van der Waals surface area (Å²) in [4.78, 5) is 17.7. The van der Waals surface area contributed by atoms with Gasteiger partial charge in [-0.25, -0.2) is 9.37 Å². The van der Waals surface area contributed by atoms with E-state index in [9.17, 15) is 9.18 Å². The van der Waals surface area contributed by atoms with E-state index in [1.54, 1.807) is 6.07 Å². The molecule has 82 valence electrons. The number of ether oxygens (including phenoxy) is 1. The highest BCUT2D eigenvalue weighted by molar-refractivity contribution is 5.69. The van der Waals surface area contributed by atoms with Gasteiger partial charge in [0.1, 0.15) is 11.6 Å². The molecule has 4 nitrogen and oxygen atoms in total. The molecule has 0 unspecified atom stereocenters. The number of hydrogen-bond donors (Lipinski definition) is 1. The number of methoxy groups -OCH3 is 1. The molecule has 0 spiro atoms. The molecule has 0 bridgehead atoms. The first-order valence-corrected chi connectivity index (χ1v) is 4.59. The number of nitrogens with one attached hydrogen (secondary N) is 1. The number of benzene rings is 1. The predicted molar refractivity (Wildman–Crippen MR) is 56.8 cm³/mol. The first kappa shape index (κ1) is 10.4. The first-order valence-electron chi connectivity index (χ1n) is 4.59. The Balaban J connectivity index is 2.73. The third-order valence-electron chi connectivity index (χ3n) is 2.18. The topological polar surface area (TPSA) is 55.0 Å². The quantitative estimate of drug-likeness (QED) is 0.836. The minimum Gasteiger partial charge on any atom is -0.496 e. The van der Waals surface area contributed by atoms with E-state index in [1.165, 1.54) is 31.8 Å². The molecule has 5 heteroatoms. The molecule has 1 aromatic heterocycles. The Hall–Kier alpha value is -2.17. The van der Waals surface area contributed by atoms with Gasteiger partial charge in [0.05, 0.1) is 24.6 Å². The largest absolute Gasteiger partial charge is 0.496 e. The fraction of sp³-hybridized carbons (Fsp3) is 0.0909. The third-order valence-corrected chi connectivity index (χ3v) is 2.18. The number of H-pyrrole nitrogens is 1. The van der Waals surface area contributed by atoms with E-state index in [1.807, 2.05) is 0 Å². The lowest BCUT2D eigenvalue weighted by Crippen LogP contribution is -2.10. The Kier molecular flexibility index (Phi) is 2.68. The van der Waals surface area contributed by atoms with Gasteiger partial charge in [-0.1, -0.05) is 6.07 Å². The highest BCUT2D eigenvalue weighted by atomic mass is 19.1. The molecule has 2 aromatic rings. The average molecular weight is 220 g/mol. The molecule has 1 aromatic carbocycles. The zero-order chi connectivity index (χ0) is 11.5. The van der Waals surface area contributed by atoms with Gasteiger partial charge in [0.2, 0.25) is 0 Å². The molecule has 0 saturated carbocycles. The van der Waals surface area contributed by atoms with Crippen LogP contribution >= 0.6 is 0 Å². The van der Waals surface area contributed by atoms with Gasteiger partial charge in [0.25, 0.3) is 5.56 Å². The van der Waals surface area contributed by atoms with Crippen LogP contribution < -0.4 is 10.3 Å². The van der Waals surface area contributed by atoms with Gasteiger partial charge in [-0.05, 0) is 12.1 Å². The highest BCUT2D eigenvalue weighted by Crippen LogP contribution is 2.29. The molecule has 0 aliphatic carbocycles. The van der Waals surface area contributed by atoms with Crippen LogP contribution in [0.25, 0.3) is 11.1 Å². The smallest absolute Gasteiger partial charge is 0.258 e. The zero-order valence-electron chi connectivity index (χ0n) is 8.53. The van der Waals surface area contributed by atoms with Crippen molar-refractivity contribution >= 4 is 0 Å². The Morgan fingerprint density at radius 3 is 2.94 bits per heavy atom. The molecule has 0 aliphatic heterocycles. The molecule has 0 amide bonds. The van der Waals surface area contributed by atoms with Crippen molar-refractivity contribution in [2.24, 2.45) is 0 Å². The summed E-state index contributed by atoms with van der Waals surface area (Å²) < 4.78 is 18.7. The van der Waals surface area contributed by atoms with Crippen LogP contribution in [0.1, 0.15) is 0 Å². The molecule has 0 fully saturated rings. The summed E-state index contributed by atoms with van der Waals surface area (Å²) in [6, 6.07) is 4.37. The van der Waals surface area contributed by atoms with E-state index in [2.05, 4.69) is 9.97 Å². The molecule has 0 aliphatic rings. The lowest BCUT2D eigenvalue weighted by molar-refractivity contribution is 0.413. The van der Waals surface area contributed by atoms with Crippen molar-refractivity contribution in [1.29, 1.82) is 0 Å². The number of halogens is 1. The van der Waals surface area contributed by atoms with Crippen LogP contribution in [0, 0.1) is 5.82 Å². The van der Waals surface area contributed by atoms with Gasteiger partial charge in [-0.2, -0.15) is 0 Å². The number of nitrogens with zero attached hydrogens (tertiary/aromatic N) is 1. The second-order valence-corrected chi connectivity index (χ2v) is 3.11. The van der Waals surface area contributed by atoms with Gasteiger partial charge in [-0.15, -0.1) is 0 Å². The summed E-state index contributed by atoms with van der Waals surface area (Å²) in [5.74, 6) is -0.212. The summed E-state index contributed by atoms with van der Waals surface area (Å²) in [7, 11) is 1.42. The maximum atomic E-state index is 13.6. The molecule has 2 rings (SSSR count). The second-order valence-electron chi connectivity index (χ2n) is 3.11. The Bertz CT molecular complexity index is 566. The summed E-state index contributed by atoms with van der Waals surface area (Å²) in [5.41, 5.74) is -0.129. The van der Waals surface area contributed by atoms with Crippen molar-refractivity contribution in [3.8, 4) is 16.9 Å². The van der Waals surface area contributed by atoms with Crippen LogP contribution in [-0.4, -0.2) is 17.1 Å². The van der Waals surface area contributed by atoms with E-state index in [0.29, 0.717) is 5.75 Å². The minimum atomic E-state index is -0.516. The van der Waals surface area contributed by atoms with Crippen LogP contribution in [0.15, 0.2) is 35.5 Å². The second kappa shape index (κ2) is 4.14. The fourth-order valence-electron chi connectivity index (χ4n) is 1.46.